The Morgan fingerprint density at radius 1 is 1.00 bits per heavy atom. The highest BCUT2D eigenvalue weighted by Crippen LogP contribution is 2.54. The van der Waals surface area contributed by atoms with E-state index in [4.69, 9.17) is 0 Å². The van der Waals surface area contributed by atoms with Crippen LogP contribution in [0.2, 0.25) is 0 Å². The number of carbonyl (C=O) groups is 1. The predicted molar refractivity (Wildman–Crippen MR) is 78.4 cm³/mol. The van der Waals surface area contributed by atoms with Crippen LogP contribution >= 0.6 is 12.1 Å². The van der Waals surface area contributed by atoms with Gasteiger partial charge in [-0.3, -0.25) is 4.79 Å². The molecule has 0 aromatic heterocycles. The Bertz CT molecular complexity index is 556. The van der Waals surface area contributed by atoms with E-state index in [0.717, 1.165) is 37.0 Å². The Morgan fingerprint density at radius 3 is 2.60 bits per heavy atom. The summed E-state index contributed by atoms with van der Waals surface area (Å²) in [6.07, 6.45) is 6.38. The number of hydrogen-bond donors (Lipinski definition) is 0. The van der Waals surface area contributed by atoms with Crippen LogP contribution in [-0.4, -0.2) is 5.78 Å². The summed E-state index contributed by atoms with van der Waals surface area (Å²) in [5, 5.41) is 0. The molecule has 3 aliphatic carbocycles. The molecule has 0 bridgehead atoms. The molecule has 1 aromatic carbocycles. The summed E-state index contributed by atoms with van der Waals surface area (Å²) in [6, 6.07) is 6.09. The Morgan fingerprint density at radius 2 is 1.75 bits per heavy atom. The van der Waals surface area contributed by atoms with Crippen LogP contribution in [0, 0.1) is 17.8 Å². The summed E-state index contributed by atoms with van der Waals surface area (Å²) < 4.78 is 12.7. The number of halogens is 1. The Hall–Kier alpha value is -0.830. The van der Waals surface area contributed by atoms with Crippen LogP contribution < -0.4 is 0 Å². The van der Waals surface area contributed by atoms with Crippen LogP contribution in [0.1, 0.15) is 49.1 Å². The maximum atomic E-state index is 12.7. The van der Waals surface area contributed by atoms with E-state index in [1.165, 1.54) is 17.5 Å². The molecule has 0 saturated heterocycles. The molecule has 1 nitrogen and oxygen atoms in total. The van der Waals surface area contributed by atoms with Crippen LogP contribution in [-0.2, 0) is 11.2 Å². The zero-order chi connectivity index (χ0) is 13.7. The number of fused-ring (bicyclic) bond motifs is 5. The average molecular weight is 290 g/mol. The molecule has 2 saturated carbocycles. The summed E-state index contributed by atoms with van der Waals surface area (Å²) >= 11 is 0.342. The second-order valence-electron chi connectivity index (χ2n) is 6.60. The van der Waals surface area contributed by atoms with Crippen LogP contribution in [0.3, 0.4) is 0 Å². The van der Waals surface area contributed by atoms with Gasteiger partial charge in [-0.15, -0.1) is 0 Å². The monoisotopic (exact) mass is 290 g/mol. The van der Waals surface area contributed by atoms with Gasteiger partial charge in [-0.25, -0.2) is 0 Å². The molecule has 3 aliphatic rings. The molecule has 0 heterocycles. The van der Waals surface area contributed by atoms with Gasteiger partial charge < -0.3 is 0 Å². The lowest BCUT2D eigenvalue weighted by Crippen LogP contribution is -2.35. The fourth-order valence-electron chi connectivity index (χ4n) is 5.03. The minimum Gasteiger partial charge on any atom is -0.299 e. The average Bonchev–Trinajstić information content (AvgIpc) is 2.88. The van der Waals surface area contributed by atoms with Gasteiger partial charge in [0.1, 0.15) is 5.78 Å². The molecule has 0 aliphatic heterocycles. The smallest absolute Gasteiger partial charge is 0.136 e. The van der Waals surface area contributed by atoms with E-state index in [0.29, 0.717) is 41.6 Å². The van der Waals surface area contributed by atoms with Crippen molar-refractivity contribution in [1.82, 2.24) is 0 Å². The highest BCUT2D eigenvalue weighted by Gasteiger charge is 2.47. The Labute approximate surface area is 123 Å². The summed E-state index contributed by atoms with van der Waals surface area (Å²) in [5.41, 5.74) is 2.79. The second-order valence-corrected chi connectivity index (χ2v) is 7.23. The molecule has 0 N–H and O–H groups in total. The fraction of sp³-hybridized carbons (Fsp3) is 0.588. The van der Waals surface area contributed by atoms with Crippen LogP contribution in [0.15, 0.2) is 23.1 Å². The number of Topliss-reactive ketones (excluding diaryl/α,β-unsaturated/α-hetero) is 1. The molecule has 0 amide bonds. The number of rotatable bonds is 1. The molecule has 4 atom stereocenters. The molecule has 0 radical (unpaired) electrons. The lowest BCUT2D eigenvalue weighted by Gasteiger charge is -2.43. The van der Waals surface area contributed by atoms with Gasteiger partial charge >= 0.3 is 0 Å². The molecule has 20 heavy (non-hydrogen) atoms. The van der Waals surface area contributed by atoms with Crippen molar-refractivity contribution in [1.29, 1.82) is 0 Å². The van der Waals surface area contributed by atoms with Crippen molar-refractivity contribution in [2.24, 2.45) is 17.8 Å². The van der Waals surface area contributed by atoms with Crippen LogP contribution in [0.4, 0.5) is 3.89 Å². The van der Waals surface area contributed by atoms with Gasteiger partial charge in [0.25, 0.3) is 0 Å². The van der Waals surface area contributed by atoms with Crippen molar-refractivity contribution in [3.05, 3.63) is 29.3 Å². The van der Waals surface area contributed by atoms with E-state index in [9.17, 15) is 8.68 Å². The summed E-state index contributed by atoms with van der Waals surface area (Å²) in [6.45, 7) is 0. The highest BCUT2D eigenvalue weighted by atomic mass is 32.2. The zero-order valence-electron chi connectivity index (χ0n) is 11.5. The van der Waals surface area contributed by atoms with E-state index < -0.39 is 0 Å². The van der Waals surface area contributed by atoms with Crippen molar-refractivity contribution in [2.45, 2.75) is 49.3 Å². The first-order chi connectivity index (χ1) is 9.78. The Kier molecular flexibility index (Phi) is 3.13. The highest BCUT2D eigenvalue weighted by molar-refractivity contribution is 7.94. The van der Waals surface area contributed by atoms with Crippen molar-refractivity contribution >= 4 is 17.9 Å². The summed E-state index contributed by atoms with van der Waals surface area (Å²) in [5.74, 6) is 2.81. The summed E-state index contributed by atoms with van der Waals surface area (Å²) in [7, 11) is 0. The molecule has 0 spiro atoms. The largest absolute Gasteiger partial charge is 0.299 e. The van der Waals surface area contributed by atoms with E-state index in [-0.39, 0.29) is 0 Å². The molecule has 3 unspecified atom stereocenters. The topological polar surface area (TPSA) is 17.1 Å². The number of aryl methyl sites for hydroxylation is 1. The number of hydrogen-bond acceptors (Lipinski definition) is 2. The standard InChI is InChI=1S/C17H19FOS/c18-20-11-2-4-12-10(9-11)1-3-14-13(12)5-6-16-15(14)7-8-17(16)19/h2,4,9,13-16H,1,3,5-8H2/t13-,14?,15?,16?/m1/s1. The third kappa shape index (κ3) is 1.86. The number of benzene rings is 1. The quantitative estimate of drug-likeness (QED) is 0.746. The maximum absolute atomic E-state index is 12.7. The van der Waals surface area contributed by atoms with E-state index in [2.05, 4.69) is 6.07 Å². The van der Waals surface area contributed by atoms with Gasteiger partial charge in [0, 0.05) is 17.2 Å². The van der Waals surface area contributed by atoms with Crippen LogP contribution in [0.25, 0.3) is 0 Å². The van der Waals surface area contributed by atoms with Gasteiger partial charge in [-0.1, -0.05) is 6.07 Å². The lowest BCUT2D eigenvalue weighted by molar-refractivity contribution is -0.122. The van der Waals surface area contributed by atoms with Gasteiger partial charge in [0.2, 0.25) is 0 Å². The minimum absolute atomic E-state index is 0.342. The first kappa shape index (κ1) is 12.9. The molecule has 2 fully saturated rings. The third-order valence-electron chi connectivity index (χ3n) is 5.86. The molecular formula is C17H19FOS. The third-order valence-corrected chi connectivity index (χ3v) is 6.29. The molecule has 3 heteroatoms. The van der Waals surface area contributed by atoms with Crippen LogP contribution in [0.5, 0.6) is 0 Å². The second kappa shape index (κ2) is 4.87. The number of ketones is 1. The zero-order valence-corrected chi connectivity index (χ0v) is 12.3. The molecule has 1 aromatic rings. The predicted octanol–water partition coefficient (Wildman–Crippen LogP) is 4.70. The SMILES string of the molecule is O=C1CCC2C1CC[C@@H]1c3ccc(SF)cc3CCC21. The first-order valence-electron chi connectivity index (χ1n) is 7.72. The maximum Gasteiger partial charge on any atom is 0.136 e. The lowest BCUT2D eigenvalue weighted by atomic mass is 9.61. The van der Waals surface area contributed by atoms with Crippen molar-refractivity contribution in [3.63, 3.8) is 0 Å². The van der Waals surface area contributed by atoms with Gasteiger partial charge in [0.15, 0.2) is 0 Å². The molecule has 4 rings (SSSR count). The van der Waals surface area contributed by atoms with E-state index in [1.807, 2.05) is 12.1 Å². The first-order valence-corrected chi connectivity index (χ1v) is 8.43. The molecular weight excluding hydrogens is 271 g/mol. The number of carbonyl (C=O) groups excluding carboxylic acids is 1. The van der Waals surface area contributed by atoms with E-state index >= 15 is 0 Å². The van der Waals surface area contributed by atoms with Crippen molar-refractivity contribution in [2.75, 3.05) is 0 Å². The minimum atomic E-state index is 0.342. The van der Waals surface area contributed by atoms with Gasteiger partial charge in [-0.05, 0) is 73.1 Å². The van der Waals surface area contributed by atoms with Crippen molar-refractivity contribution in [3.8, 4) is 0 Å². The Balaban J connectivity index is 1.67. The van der Waals surface area contributed by atoms with Gasteiger partial charge in [-0.2, -0.15) is 3.89 Å². The normalized spacial score (nSPS) is 35.4. The summed E-state index contributed by atoms with van der Waals surface area (Å²) in [4.78, 5) is 12.7. The van der Waals surface area contributed by atoms with E-state index in [1.54, 1.807) is 0 Å². The van der Waals surface area contributed by atoms with Crippen molar-refractivity contribution < 1.29 is 8.68 Å². The fourth-order valence-corrected chi connectivity index (χ4v) is 5.33. The van der Waals surface area contributed by atoms with Gasteiger partial charge in [0.05, 0.1) is 12.1 Å². The molecule has 106 valence electrons.